The molecule has 2 N–H and O–H groups in total. The quantitative estimate of drug-likeness (QED) is 0.306. The Labute approximate surface area is 171 Å². The molecule has 0 radical (unpaired) electrons. The van der Waals surface area contributed by atoms with E-state index in [1.807, 2.05) is 12.1 Å². The zero-order valence-electron chi connectivity index (χ0n) is 18.6. The summed E-state index contributed by atoms with van der Waals surface area (Å²) in [7, 11) is 1.67. The first kappa shape index (κ1) is 24.2. The molecule has 160 valence electrons. The van der Waals surface area contributed by atoms with Gasteiger partial charge in [0.15, 0.2) is 5.96 Å². The minimum absolute atomic E-state index is 0.563. The van der Waals surface area contributed by atoms with Crippen LogP contribution in [-0.2, 0) is 11.3 Å². The Bertz CT molecular complexity index is 536. The summed E-state index contributed by atoms with van der Waals surface area (Å²) in [5.74, 6) is 1.72. The van der Waals surface area contributed by atoms with Gasteiger partial charge < -0.3 is 20.1 Å². The van der Waals surface area contributed by atoms with Gasteiger partial charge in [0, 0.05) is 38.8 Å². The highest BCUT2D eigenvalue weighted by atomic mass is 16.5. The summed E-state index contributed by atoms with van der Waals surface area (Å²) in [4.78, 5) is 7.21. The molecule has 6 nitrogen and oxygen atoms in total. The maximum atomic E-state index is 5.59. The fraction of sp³-hybridized carbons (Fsp3) is 0.682. The minimum Gasteiger partial charge on any atom is -0.491 e. The molecule has 0 atom stereocenters. The van der Waals surface area contributed by atoms with E-state index in [2.05, 4.69) is 62.3 Å². The summed E-state index contributed by atoms with van der Waals surface area (Å²) in [6, 6.07) is 9.21. The van der Waals surface area contributed by atoms with Gasteiger partial charge in [-0.2, -0.15) is 0 Å². The first-order valence-corrected chi connectivity index (χ1v) is 10.5. The van der Waals surface area contributed by atoms with E-state index in [-0.39, 0.29) is 0 Å². The van der Waals surface area contributed by atoms with Gasteiger partial charge in [0.05, 0.1) is 13.2 Å². The van der Waals surface area contributed by atoms with Crippen LogP contribution in [0.15, 0.2) is 29.3 Å². The van der Waals surface area contributed by atoms with Crippen LogP contribution in [0.25, 0.3) is 0 Å². The minimum atomic E-state index is 0.563. The molecular formula is C22H40N4O2. The standard InChI is InChI=1S/C22H40N4O2/c1-7-23-22(24-13-8-14-26(18(2)3)19(4)5)25-17-20-9-11-21(12-10-20)28-16-15-27-6/h9-12,18-19H,7-8,13-17H2,1-6H3,(H2,23,24,25). The van der Waals surface area contributed by atoms with Gasteiger partial charge in [0.2, 0.25) is 0 Å². The molecular weight excluding hydrogens is 352 g/mol. The largest absolute Gasteiger partial charge is 0.491 e. The van der Waals surface area contributed by atoms with Crippen molar-refractivity contribution in [2.45, 2.75) is 59.7 Å². The Morgan fingerprint density at radius 2 is 1.71 bits per heavy atom. The van der Waals surface area contributed by atoms with E-state index in [0.29, 0.717) is 31.8 Å². The van der Waals surface area contributed by atoms with Crippen molar-refractivity contribution in [3.05, 3.63) is 29.8 Å². The molecule has 0 amide bonds. The van der Waals surface area contributed by atoms with Crippen molar-refractivity contribution in [3.8, 4) is 5.75 Å². The van der Waals surface area contributed by atoms with Crippen molar-refractivity contribution in [2.75, 3.05) is 40.0 Å². The number of hydrogen-bond donors (Lipinski definition) is 2. The van der Waals surface area contributed by atoms with Gasteiger partial charge in [-0.05, 0) is 58.7 Å². The summed E-state index contributed by atoms with van der Waals surface area (Å²) in [6.07, 6.45) is 1.09. The predicted octanol–water partition coefficient (Wildman–Crippen LogP) is 3.28. The smallest absolute Gasteiger partial charge is 0.191 e. The first-order valence-electron chi connectivity index (χ1n) is 10.5. The van der Waals surface area contributed by atoms with Gasteiger partial charge in [-0.3, -0.25) is 4.90 Å². The zero-order valence-corrected chi connectivity index (χ0v) is 18.6. The van der Waals surface area contributed by atoms with Gasteiger partial charge in [0.1, 0.15) is 12.4 Å². The number of methoxy groups -OCH3 is 1. The summed E-state index contributed by atoms with van der Waals surface area (Å²) < 4.78 is 10.6. The normalized spacial score (nSPS) is 12.1. The molecule has 1 rings (SSSR count). The number of aliphatic imine (C=N–C) groups is 1. The molecule has 28 heavy (non-hydrogen) atoms. The van der Waals surface area contributed by atoms with Crippen LogP contribution in [0.1, 0.15) is 46.6 Å². The summed E-state index contributed by atoms with van der Waals surface area (Å²) in [5.41, 5.74) is 1.15. The fourth-order valence-corrected chi connectivity index (χ4v) is 3.03. The number of rotatable bonds is 13. The molecule has 0 saturated carbocycles. The van der Waals surface area contributed by atoms with E-state index < -0.39 is 0 Å². The average molecular weight is 393 g/mol. The summed E-state index contributed by atoms with van der Waals surface area (Å²) in [6.45, 7) is 15.8. The van der Waals surface area contributed by atoms with Gasteiger partial charge in [-0.15, -0.1) is 0 Å². The van der Waals surface area contributed by atoms with E-state index in [4.69, 9.17) is 14.5 Å². The Hall–Kier alpha value is -1.79. The van der Waals surface area contributed by atoms with Gasteiger partial charge in [-0.25, -0.2) is 4.99 Å². The topological polar surface area (TPSA) is 58.1 Å². The van der Waals surface area contributed by atoms with Crippen LogP contribution in [0.4, 0.5) is 0 Å². The third-order valence-electron chi connectivity index (χ3n) is 4.46. The molecule has 0 aliphatic heterocycles. The van der Waals surface area contributed by atoms with Crippen molar-refractivity contribution < 1.29 is 9.47 Å². The highest BCUT2D eigenvalue weighted by Crippen LogP contribution is 2.12. The number of nitrogens with zero attached hydrogens (tertiary/aromatic N) is 2. The van der Waals surface area contributed by atoms with Crippen LogP contribution < -0.4 is 15.4 Å². The SMILES string of the molecule is CCNC(=NCc1ccc(OCCOC)cc1)NCCCN(C(C)C)C(C)C. The van der Waals surface area contributed by atoms with Crippen molar-refractivity contribution >= 4 is 5.96 Å². The monoisotopic (exact) mass is 392 g/mol. The predicted molar refractivity (Wildman–Crippen MR) is 118 cm³/mol. The molecule has 1 aromatic carbocycles. The molecule has 0 unspecified atom stereocenters. The van der Waals surface area contributed by atoms with Crippen LogP contribution in [0.3, 0.4) is 0 Å². The molecule has 0 aliphatic rings. The lowest BCUT2D eigenvalue weighted by Crippen LogP contribution is -2.41. The molecule has 0 fully saturated rings. The molecule has 0 aliphatic carbocycles. The number of ether oxygens (including phenoxy) is 2. The lowest BCUT2D eigenvalue weighted by molar-refractivity contribution is 0.146. The van der Waals surface area contributed by atoms with Crippen LogP contribution in [0.5, 0.6) is 5.75 Å². The molecule has 6 heteroatoms. The average Bonchev–Trinajstić information content (AvgIpc) is 2.66. The maximum absolute atomic E-state index is 5.59. The van der Waals surface area contributed by atoms with Crippen LogP contribution in [0, 0.1) is 0 Å². The molecule has 0 spiro atoms. The Morgan fingerprint density at radius 1 is 1.04 bits per heavy atom. The highest BCUT2D eigenvalue weighted by Gasteiger charge is 2.12. The van der Waals surface area contributed by atoms with E-state index in [1.165, 1.54) is 0 Å². The first-order chi connectivity index (χ1) is 13.5. The third-order valence-corrected chi connectivity index (χ3v) is 4.46. The van der Waals surface area contributed by atoms with E-state index >= 15 is 0 Å². The molecule has 0 heterocycles. The van der Waals surface area contributed by atoms with Crippen molar-refractivity contribution in [2.24, 2.45) is 4.99 Å². The number of hydrogen-bond acceptors (Lipinski definition) is 4. The van der Waals surface area contributed by atoms with E-state index in [1.54, 1.807) is 7.11 Å². The van der Waals surface area contributed by atoms with Crippen molar-refractivity contribution in [3.63, 3.8) is 0 Å². The van der Waals surface area contributed by atoms with Crippen molar-refractivity contribution in [1.29, 1.82) is 0 Å². The van der Waals surface area contributed by atoms with Crippen LogP contribution >= 0.6 is 0 Å². The molecule has 0 aromatic heterocycles. The van der Waals surface area contributed by atoms with E-state index in [9.17, 15) is 0 Å². The summed E-state index contributed by atoms with van der Waals surface area (Å²) in [5, 5.41) is 6.76. The van der Waals surface area contributed by atoms with Gasteiger partial charge >= 0.3 is 0 Å². The zero-order chi connectivity index (χ0) is 20.8. The Morgan fingerprint density at radius 3 is 2.29 bits per heavy atom. The lowest BCUT2D eigenvalue weighted by Gasteiger charge is -2.30. The van der Waals surface area contributed by atoms with Crippen LogP contribution in [-0.4, -0.2) is 62.9 Å². The van der Waals surface area contributed by atoms with Gasteiger partial charge in [-0.1, -0.05) is 12.1 Å². The molecule has 1 aromatic rings. The number of guanidine groups is 1. The Balaban J connectivity index is 2.46. The maximum Gasteiger partial charge on any atom is 0.191 e. The highest BCUT2D eigenvalue weighted by molar-refractivity contribution is 5.79. The number of benzene rings is 1. The third kappa shape index (κ3) is 9.95. The molecule has 0 bridgehead atoms. The second-order valence-electron chi connectivity index (χ2n) is 7.39. The van der Waals surface area contributed by atoms with Crippen LogP contribution in [0.2, 0.25) is 0 Å². The van der Waals surface area contributed by atoms with Crippen molar-refractivity contribution in [1.82, 2.24) is 15.5 Å². The molecule has 0 saturated heterocycles. The van der Waals surface area contributed by atoms with E-state index in [0.717, 1.165) is 43.3 Å². The fourth-order valence-electron chi connectivity index (χ4n) is 3.03. The summed E-state index contributed by atoms with van der Waals surface area (Å²) >= 11 is 0. The lowest BCUT2D eigenvalue weighted by atomic mass is 10.2. The number of nitrogens with one attached hydrogen (secondary N) is 2. The Kier molecular flexibility index (Phi) is 12.3. The second kappa shape index (κ2) is 14.2. The van der Waals surface area contributed by atoms with Gasteiger partial charge in [0.25, 0.3) is 0 Å². The second-order valence-corrected chi connectivity index (χ2v) is 7.39.